The zero-order valence-corrected chi connectivity index (χ0v) is 18.9. The zero-order chi connectivity index (χ0) is 23.7. The maximum absolute atomic E-state index is 14.1. The fourth-order valence-corrected chi connectivity index (χ4v) is 3.18. The number of imidazole rings is 1. The van der Waals surface area contributed by atoms with Crippen molar-refractivity contribution in [2.45, 2.75) is 57.4 Å². The summed E-state index contributed by atoms with van der Waals surface area (Å²) in [4.78, 5) is 35.9. The van der Waals surface area contributed by atoms with E-state index in [0.717, 1.165) is 4.57 Å². The Labute approximate surface area is 194 Å². The summed E-state index contributed by atoms with van der Waals surface area (Å²) in [6.45, 7) is 4.40. The molecule has 184 valence electrons. The lowest BCUT2D eigenvalue weighted by molar-refractivity contribution is -0.127. The van der Waals surface area contributed by atoms with Crippen LogP contribution in [0.25, 0.3) is 11.2 Å². The Kier molecular flexibility index (Phi) is 8.62. The first-order valence-electron chi connectivity index (χ1n) is 9.94. The second-order valence-electron chi connectivity index (χ2n) is 7.88. The number of aliphatic hydroxyl groups excluding tert-OH is 3. The molecule has 0 radical (unpaired) electrons. The molecule has 1 saturated heterocycles. The number of carbonyl (C=O) groups excluding carboxylic acids is 2. The van der Waals surface area contributed by atoms with E-state index in [1.54, 1.807) is 13.8 Å². The molecule has 7 N–H and O–H groups in total. The summed E-state index contributed by atoms with van der Waals surface area (Å²) >= 11 is 0. The Bertz CT molecular complexity index is 1010. The third-order valence-corrected chi connectivity index (χ3v) is 5.20. The minimum atomic E-state index is -1.44. The molecule has 1 aliphatic heterocycles. The Morgan fingerprint density at radius 2 is 1.91 bits per heavy atom. The highest BCUT2D eigenvalue weighted by atomic mass is 35.5. The molecule has 0 aromatic carbocycles. The summed E-state index contributed by atoms with van der Waals surface area (Å²) in [5, 5.41) is 34.3. The Morgan fingerprint density at radius 1 is 1.24 bits per heavy atom. The standard InChI is InChI=1S/C18H26FN7O6.ClH/c1-6(2)9(20)16(31)22-7(3)15(30)23-13-10-14(25-18(19)24-13)26(5-21-10)17-12(29)11(28)8(4-27)32-17;/h5-9,11-12,17,27-29H,4,20H2,1-3H3,(H,22,31)(H,23,24,25,30);1H/t7-,8+,9-,11+,12-,17+;/m0./s1. The van der Waals surface area contributed by atoms with E-state index < -0.39 is 61.1 Å². The largest absolute Gasteiger partial charge is 0.394 e. The molecular formula is C18H27ClFN7O6. The van der Waals surface area contributed by atoms with Crippen molar-refractivity contribution in [3.8, 4) is 0 Å². The molecule has 1 fully saturated rings. The number of nitrogens with two attached hydrogens (primary N) is 1. The molecule has 13 nitrogen and oxygen atoms in total. The third kappa shape index (κ3) is 5.37. The van der Waals surface area contributed by atoms with Crippen molar-refractivity contribution in [1.82, 2.24) is 24.8 Å². The summed E-state index contributed by atoms with van der Waals surface area (Å²) in [6.07, 6.45) is -5.11. The molecule has 2 aromatic rings. The number of hydrogen-bond acceptors (Lipinski definition) is 10. The van der Waals surface area contributed by atoms with Crippen molar-refractivity contribution in [3.05, 3.63) is 12.4 Å². The average molecular weight is 492 g/mol. The molecule has 0 unspecified atom stereocenters. The number of halogens is 2. The number of rotatable bonds is 7. The molecule has 15 heteroatoms. The number of carbonyl (C=O) groups is 2. The fourth-order valence-electron chi connectivity index (χ4n) is 3.18. The summed E-state index contributed by atoms with van der Waals surface area (Å²) in [5.74, 6) is -1.62. The van der Waals surface area contributed by atoms with E-state index in [9.17, 15) is 29.3 Å². The Morgan fingerprint density at radius 3 is 2.48 bits per heavy atom. The van der Waals surface area contributed by atoms with Crippen LogP contribution in [-0.4, -0.2) is 83.7 Å². The van der Waals surface area contributed by atoms with Crippen molar-refractivity contribution >= 4 is 41.2 Å². The quantitative estimate of drug-likeness (QED) is 0.246. The average Bonchev–Trinajstić information content (AvgIpc) is 3.28. The highest BCUT2D eigenvalue weighted by molar-refractivity contribution is 6.01. The van der Waals surface area contributed by atoms with Gasteiger partial charge in [-0.05, 0) is 12.8 Å². The minimum absolute atomic E-state index is 0. The van der Waals surface area contributed by atoms with Crippen molar-refractivity contribution in [2.75, 3.05) is 11.9 Å². The van der Waals surface area contributed by atoms with E-state index in [2.05, 4.69) is 25.6 Å². The summed E-state index contributed by atoms with van der Waals surface area (Å²) in [5.41, 5.74) is 5.62. The molecule has 0 bridgehead atoms. The molecule has 0 spiro atoms. The molecule has 0 saturated carbocycles. The summed E-state index contributed by atoms with van der Waals surface area (Å²) < 4.78 is 20.7. The van der Waals surface area contributed by atoms with Crippen molar-refractivity contribution < 1.29 is 34.0 Å². The van der Waals surface area contributed by atoms with Gasteiger partial charge in [0.1, 0.15) is 24.4 Å². The lowest BCUT2D eigenvalue weighted by Crippen LogP contribution is -2.50. The topological polar surface area (TPSA) is 198 Å². The first kappa shape index (κ1) is 26.8. The van der Waals surface area contributed by atoms with Gasteiger partial charge in [0.2, 0.25) is 11.8 Å². The van der Waals surface area contributed by atoms with Crippen molar-refractivity contribution in [2.24, 2.45) is 11.7 Å². The Hall–Kier alpha value is -2.49. The maximum Gasteiger partial charge on any atom is 0.312 e. The first-order valence-corrected chi connectivity index (χ1v) is 9.94. The van der Waals surface area contributed by atoms with Crippen molar-refractivity contribution in [1.29, 1.82) is 0 Å². The van der Waals surface area contributed by atoms with E-state index in [1.165, 1.54) is 13.3 Å². The molecule has 3 rings (SSSR count). The predicted molar refractivity (Wildman–Crippen MR) is 115 cm³/mol. The number of nitrogens with zero attached hydrogens (tertiary/aromatic N) is 4. The molecule has 33 heavy (non-hydrogen) atoms. The van der Waals surface area contributed by atoms with Gasteiger partial charge in [0.05, 0.1) is 19.0 Å². The van der Waals surface area contributed by atoms with Gasteiger partial charge in [0, 0.05) is 0 Å². The molecule has 3 heterocycles. The third-order valence-electron chi connectivity index (χ3n) is 5.20. The van der Waals surface area contributed by atoms with Crippen LogP contribution in [0.4, 0.5) is 10.2 Å². The number of aliphatic hydroxyl groups is 3. The normalized spacial score (nSPS) is 24.4. The molecule has 1 aliphatic rings. The number of anilines is 1. The van der Waals surface area contributed by atoms with E-state index in [4.69, 9.17) is 10.5 Å². The SMILES string of the molecule is CC(C)[C@H](N)C(=O)N[C@@H](C)C(=O)Nc1nc(F)nc2c1ncn2[C@@H]1O[C@H](CO)[C@@H](O)[C@@H]1O.Cl. The smallest absolute Gasteiger partial charge is 0.312 e. The second-order valence-corrected chi connectivity index (χ2v) is 7.88. The number of ether oxygens (including phenoxy) is 1. The highest BCUT2D eigenvalue weighted by Gasteiger charge is 2.44. The number of aromatic nitrogens is 4. The van der Waals surface area contributed by atoms with Crippen LogP contribution in [0.1, 0.15) is 27.0 Å². The monoisotopic (exact) mass is 491 g/mol. The minimum Gasteiger partial charge on any atom is -0.394 e. The van der Waals surface area contributed by atoms with Crippen LogP contribution >= 0.6 is 12.4 Å². The van der Waals surface area contributed by atoms with Gasteiger partial charge in [0.25, 0.3) is 0 Å². The molecule has 0 aliphatic carbocycles. The van der Waals surface area contributed by atoms with Gasteiger partial charge in [-0.25, -0.2) is 4.98 Å². The number of fused-ring (bicyclic) bond motifs is 1. The van der Waals surface area contributed by atoms with Gasteiger partial charge < -0.3 is 36.4 Å². The molecular weight excluding hydrogens is 465 g/mol. The zero-order valence-electron chi connectivity index (χ0n) is 18.0. The fraction of sp³-hybridized carbons (Fsp3) is 0.611. The van der Waals surface area contributed by atoms with Crippen molar-refractivity contribution in [3.63, 3.8) is 0 Å². The van der Waals surface area contributed by atoms with Crippen LogP contribution in [0.2, 0.25) is 0 Å². The Balaban J connectivity index is 0.00000385. The van der Waals surface area contributed by atoms with Crippen LogP contribution in [0.15, 0.2) is 6.33 Å². The highest BCUT2D eigenvalue weighted by Crippen LogP contribution is 2.32. The van der Waals surface area contributed by atoms with Gasteiger partial charge in [-0.1, -0.05) is 13.8 Å². The number of hydrogen-bond donors (Lipinski definition) is 6. The van der Waals surface area contributed by atoms with Gasteiger partial charge in [-0.15, -0.1) is 12.4 Å². The number of amides is 2. The van der Waals surface area contributed by atoms with E-state index >= 15 is 0 Å². The van der Waals surface area contributed by atoms with Crippen LogP contribution in [-0.2, 0) is 14.3 Å². The number of nitrogens with one attached hydrogen (secondary N) is 2. The van der Waals surface area contributed by atoms with Crippen LogP contribution in [0, 0.1) is 12.0 Å². The second kappa shape index (κ2) is 10.6. The summed E-state index contributed by atoms with van der Waals surface area (Å²) in [6, 6.07) is -1.82. The van der Waals surface area contributed by atoms with E-state index in [-0.39, 0.29) is 35.3 Å². The molecule has 2 amide bonds. The van der Waals surface area contributed by atoms with Gasteiger partial charge in [-0.3, -0.25) is 14.2 Å². The first-order chi connectivity index (χ1) is 15.0. The molecule has 2 aromatic heterocycles. The van der Waals surface area contributed by atoms with Crippen LogP contribution in [0.5, 0.6) is 0 Å². The van der Waals surface area contributed by atoms with Gasteiger partial charge >= 0.3 is 6.08 Å². The molecule has 6 atom stereocenters. The predicted octanol–water partition coefficient (Wildman–Crippen LogP) is -1.57. The summed E-state index contributed by atoms with van der Waals surface area (Å²) in [7, 11) is 0. The van der Waals surface area contributed by atoms with Gasteiger partial charge in [0.15, 0.2) is 23.2 Å². The van der Waals surface area contributed by atoms with E-state index in [0.29, 0.717) is 0 Å². The lowest BCUT2D eigenvalue weighted by Gasteiger charge is -2.19. The van der Waals surface area contributed by atoms with Crippen LogP contribution < -0.4 is 16.4 Å². The van der Waals surface area contributed by atoms with Gasteiger partial charge in [-0.2, -0.15) is 14.4 Å². The maximum atomic E-state index is 14.1. The van der Waals surface area contributed by atoms with E-state index in [1.807, 2.05) is 0 Å². The lowest BCUT2D eigenvalue weighted by atomic mass is 10.0. The van der Waals surface area contributed by atoms with Crippen LogP contribution in [0.3, 0.4) is 0 Å².